The second kappa shape index (κ2) is 6.69. The predicted molar refractivity (Wildman–Crippen MR) is 87.2 cm³/mol. The molecule has 0 fully saturated rings. The number of rotatable bonds is 6. The van der Waals surface area contributed by atoms with Crippen LogP contribution in [0.25, 0.3) is 11.6 Å². The Morgan fingerprint density at radius 2 is 2.29 bits per heavy atom. The van der Waals surface area contributed by atoms with Crippen molar-refractivity contribution in [3.63, 3.8) is 0 Å². The van der Waals surface area contributed by atoms with Gasteiger partial charge in [0.2, 0.25) is 11.7 Å². The van der Waals surface area contributed by atoms with E-state index >= 15 is 0 Å². The van der Waals surface area contributed by atoms with Crippen LogP contribution in [-0.4, -0.2) is 37.4 Å². The van der Waals surface area contributed by atoms with E-state index in [0.717, 1.165) is 11.4 Å². The zero-order chi connectivity index (χ0) is 17.1. The van der Waals surface area contributed by atoms with Crippen LogP contribution in [0.1, 0.15) is 30.2 Å². The van der Waals surface area contributed by atoms with Gasteiger partial charge in [-0.2, -0.15) is 10.2 Å². The fourth-order valence-electron chi connectivity index (χ4n) is 2.52. The highest BCUT2D eigenvalue weighted by atomic mass is 16.3. The zero-order valence-corrected chi connectivity index (χ0v) is 13.9. The summed E-state index contributed by atoms with van der Waals surface area (Å²) in [4.78, 5) is 16.6. The maximum absolute atomic E-state index is 12.3. The smallest absolute Gasteiger partial charge is 0.244 e. The van der Waals surface area contributed by atoms with Crippen LogP contribution >= 0.6 is 0 Å². The molecule has 3 rings (SSSR count). The van der Waals surface area contributed by atoms with Crippen LogP contribution in [0.2, 0.25) is 0 Å². The molecule has 0 saturated heterocycles. The summed E-state index contributed by atoms with van der Waals surface area (Å²) < 4.78 is 6.98. The van der Waals surface area contributed by atoms with Crippen LogP contribution in [0.3, 0.4) is 0 Å². The molecule has 0 unspecified atom stereocenters. The maximum atomic E-state index is 12.3. The molecule has 0 aliphatic heterocycles. The highest BCUT2D eigenvalue weighted by Gasteiger charge is 2.17. The van der Waals surface area contributed by atoms with Gasteiger partial charge in [0.15, 0.2) is 5.76 Å². The van der Waals surface area contributed by atoms with Crippen molar-refractivity contribution in [3.05, 3.63) is 41.7 Å². The average Bonchev–Trinajstić information content (AvgIpc) is 3.27. The van der Waals surface area contributed by atoms with E-state index in [2.05, 4.69) is 25.6 Å². The number of carbonyl (C=O) groups excluding carboxylic acids is 1. The molecule has 0 aliphatic carbocycles. The fourth-order valence-corrected chi connectivity index (χ4v) is 2.52. The maximum Gasteiger partial charge on any atom is 0.244 e. The Labute approximate surface area is 139 Å². The van der Waals surface area contributed by atoms with Crippen LogP contribution in [0.15, 0.2) is 28.9 Å². The Balaban J connectivity index is 1.53. The van der Waals surface area contributed by atoms with Crippen molar-refractivity contribution in [3.8, 4) is 11.6 Å². The number of hydrogen-bond acceptors (Lipinski definition) is 5. The monoisotopic (exact) mass is 328 g/mol. The molecule has 3 aromatic rings. The van der Waals surface area contributed by atoms with E-state index in [1.807, 2.05) is 26.8 Å². The lowest BCUT2D eigenvalue weighted by molar-refractivity contribution is -0.124. The van der Waals surface area contributed by atoms with Gasteiger partial charge in [-0.05, 0) is 39.0 Å². The van der Waals surface area contributed by atoms with Gasteiger partial charge in [-0.25, -0.2) is 4.98 Å². The minimum absolute atomic E-state index is 0.0769. The minimum atomic E-state index is -0.355. The van der Waals surface area contributed by atoms with Gasteiger partial charge in [0.25, 0.3) is 0 Å². The van der Waals surface area contributed by atoms with Crippen molar-refractivity contribution < 1.29 is 9.21 Å². The molecule has 24 heavy (non-hydrogen) atoms. The van der Waals surface area contributed by atoms with Gasteiger partial charge in [0.05, 0.1) is 12.0 Å². The fraction of sp³-hybridized carbons (Fsp3) is 0.375. The van der Waals surface area contributed by atoms with Gasteiger partial charge in [0.1, 0.15) is 11.9 Å². The minimum Gasteiger partial charge on any atom is -0.461 e. The van der Waals surface area contributed by atoms with Gasteiger partial charge < -0.3 is 9.73 Å². The SMILES string of the molecule is Cc1cc(C)n([C@@H](C)C(=O)NCCc2nc(-c3ccco3)n[nH]2)n1. The number of nitrogens with zero attached hydrogens (tertiary/aromatic N) is 4. The predicted octanol–water partition coefficient (Wildman–Crippen LogP) is 1.80. The van der Waals surface area contributed by atoms with Crippen molar-refractivity contribution in [2.75, 3.05) is 6.54 Å². The molecular weight excluding hydrogens is 308 g/mol. The molecule has 8 heteroatoms. The molecule has 0 aromatic carbocycles. The Hall–Kier alpha value is -2.90. The first-order chi connectivity index (χ1) is 11.5. The lowest BCUT2D eigenvalue weighted by atomic mass is 10.3. The number of aromatic amines is 1. The Morgan fingerprint density at radius 1 is 1.46 bits per heavy atom. The zero-order valence-electron chi connectivity index (χ0n) is 13.9. The second-order valence-electron chi connectivity index (χ2n) is 5.67. The molecule has 0 spiro atoms. The lowest BCUT2D eigenvalue weighted by Gasteiger charge is -2.14. The van der Waals surface area contributed by atoms with E-state index in [-0.39, 0.29) is 11.9 Å². The molecule has 0 bridgehead atoms. The van der Waals surface area contributed by atoms with Crippen molar-refractivity contribution in [2.24, 2.45) is 0 Å². The van der Waals surface area contributed by atoms with Gasteiger partial charge in [0, 0.05) is 18.7 Å². The summed E-state index contributed by atoms with van der Waals surface area (Å²) in [6.45, 7) is 6.15. The standard InChI is InChI=1S/C16H20N6O2/c1-10-9-11(2)22(21-10)12(3)16(23)17-7-6-14-18-15(20-19-14)13-5-4-8-24-13/h4-5,8-9,12H,6-7H2,1-3H3,(H,17,23)(H,18,19,20)/t12-/m0/s1. The summed E-state index contributed by atoms with van der Waals surface area (Å²) >= 11 is 0. The third kappa shape index (κ3) is 3.37. The van der Waals surface area contributed by atoms with E-state index in [0.29, 0.717) is 30.4 Å². The normalized spacial score (nSPS) is 12.3. The largest absolute Gasteiger partial charge is 0.461 e. The van der Waals surface area contributed by atoms with Gasteiger partial charge >= 0.3 is 0 Å². The van der Waals surface area contributed by atoms with E-state index in [1.165, 1.54) is 0 Å². The van der Waals surface area contributed by atoms with Crippen LogP contribution in [0, 0.1) is 13.8 Å². The van der Waals surface area contributed by atoms with Crippen LogP contribution in [0.4, 0.5) is 0 Å². The lowest BCUT2D eigenvalue weighted by Crippen LogP contribution is -2.33. The molecule has 2 N–H and O–H groups in total. The number of H-pyrrole nitrogens is 1. The van der Waals surface area contributed by atoms with Crippen molar-refractivity contribution in [2.45, 2.75) is 33.2 Å². The molecule has 8 nitrogen and oxygen atoms in total. The summed E-state index contributed by atoms with van der Waals surface area (Å²) in [5, 5.41) is 14.2. The topological polar surface area (TPSA) is 102 Å². The Bertz CT molecular complexity index is 818. The molecule has 1 atom stereocenters. The summed E-state index contributed by atoms with van der Waals surface area (Å²) in [6, 6.07) is 5.18. The first kappa shape index (κ1) is 16.0. The molecular formula is C16H20N6O2. The van der Waals surface area contributed by atoms with Gasteiger partial charge in [-0.3, -0.25) is 14.6 Å². The first-order valence-electron chi connectivity index (χ1n) is 7.80. The summed E-state index contributed by atoms with van der Waals surface area (Å²) in [7, 11) is 0. The summed E-state index contributed by atoms with van der Waals surface area (Å²) in [5.41, 5.74) is 1.87. The molecule has 0 radical (unpaired) electrons. The van der Waals surface area contributed by atoms with Crippen LogP contribution < -0.4 is 5.32 Å². The highest BCUT2D eigenvalue weighted by molar-refractivity contribution is 5.79. The average molecular weight is 328 g/mol. The first-order valence-corrected chi connectivity index (χ1v) is 7.80. The quantitative estimate of drug-likeness (QED) is 0.718. The van der Waals surface area contributed by atoms with Crippen molar-refractivity contribution in [1.29, 1.82) is 0 Å². The van der Waals surface area contributed by atoms with Crippen LogP contribution in [0.5, 0.6) is 0 Å². The molecule has 126 valence electrons. The van der Waals surface area contributed by atoms with Crippen molar-refractivity contribution in [1.82, 2.24) is 30.3 Å². The number of aromatic nitrogens is 5. The number of furan rings is 1. The van der Waals surface area contributed by atoms with Crippen molar-refractivity contribution >= 4 is 5.91 Å². The summed E-state index contributed by atoms with van der Waals surface area (Å²) in [5.74, 6) is 1.74. The van der Waals surface area contributed by atoms with E-state index in [9.17, 15) is 4.79 Å². The Kier molecular flexibility index (Phi) is 4.45. The number of aryl methyl sites for hydroxylation is 2. The molecule has 0 aliphatic rings. The Morgan fingerprint density at radius 3 is 2.96 bits per heavy atom. The summed E-state index contributed by atoms with van der Waals surface area (Å²) in [6.07, 6.45) is 2.13. The molecule has 1 amide bonds. The number of carbonyl (C=O) groups is 1. The number of hydrogen-bond donors (Lipinski definition) is 2. The number of amides is 1. The highest BCUT2D eigenvalue weighted by Crippen LogP contribution is 2.14. The molecule has 0 saturated carbocycles. The van der Waals surface area contributed by atoms with E-state index in [1.54, 1.807) is 23.1 Å². The third-order valence-electron chi connectivity index (χ3n) is 3.73. The molecule has 3 heterocycles. The third-order valence-corrected chi connectivity index (χ3v) is 3.73. The van der Waals surface area contributed by atoms with E-state index < -0.39 is 0 Å². The van der Waals surface area contributed by atoms with Gasteiger partial charge in [-0.15, -0.1) is 0 Å². The second-order valence-corrected chi connectivity index (χ2v) is 5.67. The van der Waals surface area contributed by atoms with Gasteiger partial charge in [-0.1, -0.05) is 0 Å². The van der Waals surface area contributed by atoms with Crippen LogP contribution in [-0.2, 0) is 11.2 Å². The molecule has 3 aromatic heterocycles. The number of nitrogens with one attached hydrogen (secondary N) is 2. The van der Waals surface area contributed by atoms with E-state index in [4.69, 9.17) is 4.42 Å².